The van der Waals surface area contributed by atoms with E-state index in [1.54, 1.807) is 0 Å². The van der Waals surface area contributed by atoms with E-state index >= 15 is 0 Å². The molecule has 19 heavy (non-hydrogen) atoms. The molecule has 0 radical (unpaired) electrons. The molecule has 0 N–H and O–H groups in total. The minimum atomic E-state index is -0.0772. The molecule has 1 aliphatic rings. The van der Waals surface area contributed by atoms with E-state index in [-0.39, 0.29) is 5.56 Å². The third kappa shape index (κ3) is 2.25. The standard InChI is InChI=1S/C11H11N5OS2/c1-15-4-2-8-7(6-15)9(17)16-10(13-8)19-11(14-16)18-5-3-12/h2,4-6H2,1H3. The Labute approximate surface area is 117 Å². The van der Waals surface area contributed by atoms with Gasteiger partial charge in [-0.15, -0.1) is 5.10 Å². The number of likely N-dealkylation sites (N-methyl/N-ethyl adjacent to an activating group) is 1. The predicted octanol–water partition coefficient (Wildman–Crippen LogP) is 0.755. The molecule has 3 rings (SSSR count). The summed E-state index contributed by atoms with van der Waals surface area (Å²) in [5.74, 6) is 0.330. The molecule has 0 unspecified atom stereocenters. The number of hydrogen-bond acceptors (Lipinski definition) is 7. The summed E-state index contributed by atoms with van der Waals surface area (Å²) in [7, 11) is 1.99. The van der Waals surface area contributed by atoms with Crippen LogP contribution in [0.4, 0.5) is 0 Å². The largest absolute Gasteiger partial charge is 0.301 e. The molecule has 1 aliphatic heterocycles. The summed E-state index contributed by atoms with van der Waals surface area (Å²) in [6.45, 7) is 1.55. The molecule has 0 amide bonds. The summed E-state index contributed by atoms with van der Waals surface area (Å²) in [5.41, 5.74) is 1.56. The van der Waals surface area contributed by atoms with Crippen LogP contribution in [0.25, 0.3) is 4.96 Å². The van der Waals surface area contributed by atoms with Crippen molar-refractivity contribution in [3.8, 4) is 6.07 Å². The van der Waals surface area contributed by atoms with E-state index < -0.39 is 0 Å². The smallest absolute Gasteiger partial charge is 0.279 e. The van der Waals surface area contributed by atoms with E-state index in [1.165, 1.54) is 27.6 Å². The second-order valence-electron chi connectivity index (χ2n) is 4.34. The maximum atomic E-state index is 12.4. The van der Waals surface area contributed by atoms with Gasteiger partial charge in [-0.1, -0.05) is 23.1 Å². The quantitative estimate of drug-likeness (QED) is 0.761. The summed E-state index contributed by atoms with van der Waals surface area (Å²) in [4.78, 5) is 19.6. The lowest BCUT2D eigenvalue weighted by Crippen LogP contribution is -2.34. The number of fused-ring (bicyclic) bond motifs is 2. The van der Waals surface area contributed by atoms with Gasteiger partial charge in [0.1, 0.15) is 0 Å². The molecule has 6 nitrogen and oxygen atoms in total. The molecule has 0 aromatic carbocycles. The molecule has 2 aromatic rings. The monoisotopic (exact) mass is 293 g/mol. The molecule has 8 heteroatoms. The van der Waals surface area contributed by atoms with Crippen LogP contribution in [0.15, 0.2) is 9.13 Å². The molecule has 3 heterocycles. The van der Waals surface area contributed by atoms with Crippen molar-refractivity contribution in [2.45, 2.75) is 17.3 Å². The van der Waals surface area contributed by atoms with Gasteiger partial charge in [-0.25, -0.2) is 4.98 Å². The van der Waals surface area contributed by atoms with Crippen LogP contribution < -0.4 is 5.56 Å². The maximum absolute atomic E-state index is 12.4. The fraction of sp³-hybridized carbons (Fsp3) is 0.455. The average Bonchev–Trinajstić information content (AvgIpc) is 2.81. The molecule has 2 aromatic heterocycles. The Morgan fingerprint density at radius 1 is 1.58 bits per heavy atom. The summed E-state index contributed by atoms with van der Waals surface area (Å²) in [5, 5.41) is 12.8. The van der Waals surface area contributed by atoms with Crippen LogP contribution in [-0.2, 0) is 13.0 Å². The van der Waals surface area contributed by atoms with Crippen LogP contribution in [0.5, 0.6) is 0 Å². The molecule has 98 valence electrons. The van der Waals surface area contributed by atoms with Gasteiger partial charge >= 0.3 is 0 Å². The molecular formula is C11H11N5OS2. The lowest BCUT2D eigenvalue weighted by atomic mass is 10.1. The minimum absolute atomic E-state index is 0.0772. The van der Waals surface area contributed by atoms with E-state index in [4.69, 9.17) is 5.26 Å². The van der Waals surface area contributed by atoms with E-state index in [9.17, 15) is 4.79 Å². The molecule has 0 bridgehead atoms. The lowest BCUT2D eigenvalue weighted by Gasteiger charge is -2.22. The summed E-state index contributed by atoms with van der Waals surface area (Å²) in [6.07, 6.45) is 0.802. The number of thioether (sulfide) groups is 1. The third-order valence-corrected chi connectivity index (χ3v) is 4.90. The number of rotatable bonds is 2. The van der Waals surface area contributed by atoms with Gasteiger partial charge in [-0.3, -0.25) is 4.79 Å². The van der Waals surface area contributed by atoms with Crippen molar-refractivity contribution < 1.29 is 0 Å². The first-order valence-corrected chi connectivity index (χ1v) is 7.59. The Hall–Kier alpha value is -1.43. The Balaban J connectivity index is 2.11. The molecule has 0 fully saturated rings. The maximum Gasteiger partial charge on any atom is 0.279 e. The highest BCUT2D eigenvalue weighted by Crippen LogP contribution is 2.24. The van der Waals surface area contributed by atoms with Crippen LogP contribution in [0.1, 0.15) is 11.3 Å². The molecule has 0 saturated heterocycles. The van der Waals surface area contributed by atoms with Crippen molar-refractivity contribution >= 4 is 28.1 Å². The number of aromatic nitrogens is 3. The van der Waals surface area contributed by atoms with Crippen molar-refractivity contribution in [3.05, 3.63) is 21.6 Å². The van der Waals surface area contributed by atoms with Crippen molar-refractivity contribution in [1.29, 1.82) is 5.26 Å². The summed E-state index contributed by atoms with van der Waals surface area (Å²) in [6, 6.07) is 2.05. The first-order chi connectivity index (χ1) is 9.19. The number of nitriles is 1. The Bertz CT molecular complexity index is 729. The summed E-state index contributed by atoms with van der Waals surface area (Å²) >= 11 is 2.70. The van der Waals surface area contributed by atoms with Gasteiger partial charge in [0.15, 0.2) is 4.34 Å². The van der Waals surface area contributed by atoms with Gasteiger partial charge in [-0.05, 0) is 7.05 Å². The van der Waals surface area contributed by atoms with E-state index in [0.717, 1.165) is 24.2 Å². The highest BCUT2D eigenvalue weighted by molar-refractivity contribution is 8.01. The van der Waals surface area contributed by atoms with Gasteiger partial charge in [0.25, 0.3) is 5.56 Å². The zero-order chi connectivity index (χ0) is 13.4. The van der Waals surface area contributed by atoms with E-state index in [1.807, 2.05) is 7.05 Å². The highest BCUT2D eigenvalue weighted by atomic mass is 32.2. The third-order valence-electron chi connectivity index (χ3n) is 2.99. The van der Waals surface area contributed by atoms with Gasteiger partial charge < -0.3 is 4.90 Å². The fourth-order valence-corrected chi connectivity index (χ4v) is 3.67. The van der Waals surface area contributed by atoms with Crippen LogP contribution in [0.3, 0.4) is 0 Å². The van der Waals surface area contributed by atoms with Crippen molar-refractivity contribution in [1.82, 2.24) is 19.5 Å². The predicted molar refractivity (Wildman–Crippen MR) is 73.5 cm³/mol. The Morgan fingerprint density at radius 2 is 2.42 bits per heavy atom. The van der Waals surface area contributed by atoms with Crippen LogP contribution in [0.2, 0.25) is 0 Å². The molecule has 0 saturated carbocycles. The van der Waals surface area contributed by atoms with E-state index in [2.05, 4.69) is 21.1 Å². The van der Waals surface area contributed by atoms with E-state index in [0.29, 0.717) is 21.6 Å². The van der Waals surface area contributed by atoms with Gasteiger partial charge in [0.2, 0.25) is 4.96 Å². The first-order valence-electron chi connectivity index (χ1n) is 5.79. The average molecular weight is 293 g/mol. The van der Waals surface area contributed by atoms with Crippen molar-refractivity contribution in [3.63, 3.8) is 0 Å². The van der Waals surface area contributed by atoms with Gasteiger partial charge in [0.05, 0.1) is 23.1 Å². The normalized spacial score (nSPS) is 15.4. The Morgan fingerprint density at radius 3 is 3.21 bits per heavy atom. The minimum Gasteiger partial charge on any atom is -0.301 e. The molecule has 0 spiro atoms. The zero-order valence-electron chi connectivity index (χ0n) is 10.3. The van der Waals surface area contributed by atoms with Crippen LogP contribution in [0, 0.1) is 11.3 Å². The zero-order valence-corrected chi connectivity index (χ0v) is 11.9. The second kappa shape index (κ2) is 4.92. The van der Waals surface area contributed by atoms with Crippen molar-refractivity contribution in [2.75, 3.05) is 19.3 Å². The van der Waals surface area contributed by atoms with Crippen molar-refractivity contribution in [2.24, 2.45) is 0 Å². The highest BCUT2D eigenvalue weighted by Gasteiger charge is 2.21. The number of nitrogens with zero attached hydrogens (tertiary/aromatic N) is 5. The van der Waals surface area contributed by atoms with Crippen LogP contribution in [-0.4, -0.2) is 38.8 Å². The summed E-state index contributed by atoms with van der Waals surface area (Å²) < 4.78 is 2.07. The molecular weight excluding hydrogens is 282 g/mol. The molecule has 0 aliphatic carbocycles. The lowest BCUT2D eigenvalue weighted by molar-refractivity contribution is 0.307. The fourth-order valence-electron chi connectivity index (χ4n) is 2.07. The van der Waals surface area contributed by atoms with Crippen LogP contribution >= 0.6 is 23.1 Å². The van der Waals surface area contributed by atoms with Gasteiger partial charge in [0, 0.05) is 19.5 Å². The number of hydrogen-bond donors (Lipinski definition) is 0. The second-order valence-corrected chi connectivity index (χ2v) is 6.52. The first kappa shape index (κ1) is 12.6. The van der Waals surface area contributed by atoms with Gasteiger partial charge in [-0.2, -0.15) is 9.78 Å². The Kier molecular flexibility index (Phi) is 3.26. The topological polar surface area (TPSA) is 74.3 Å². The molecule has 0 atom stereocenters. The SMILES string of the molecule is CN1CCc2nc3sc(SCC#N)nn3c(=O)c2C1.